The third kappa shape index (κ3) is 2.11. The second-order valence-corrected chi connectivity index (χ2v) is 6.88. The quantitative estimate of drug-likeness (QED) is 0.771. The molecule has 2 rings (SSSR count). The minimum atomic E-state index is -3.22. The van der Waals surface area contributed by atoms with E-state index in [4.69, 9.17) is 5.73 Å². The maximum Gasteiger partial charge on any atom is 0.282 e. The largest absolute Gasteiger partial charge is 0.323 e. The van der Waals surface area contributed by atoms with E-state index in [0.717, 1.165) is 25.7 Å². The number of piperidine rings is 1. The van der Waals surface area contributed by atoms with E-state index in [9.17, 15) is 8.42 Å². The summed E-state index contributed by atoms with van der Waals surface area (Å²) >= 11 is 0. The van der Waals surface area contributed by atoms with Gasteiger partial charge in [0.2, 0.25) is 0 Å². The van der Waals surface area contributed by atoms with Gasteiger partial charge in [-0.15, -0.1) is 0 Å². The van der Waals surface area contributed by atoms with Crippen molar-refractivity contribution in [1.82, 2.24) is 8.61 Å². The van der Waals surface area contributed by atoms with Gasteiger partial charge in [0.1, 0.15) is 0 Å². The first-order valence-electron chi connectivity index (χ1n) is 6.02. The molecule has 6 heteroatoms. The van der Waals surface area contributed by atoms with Gasteiger partial charge in [0.25, 0.3) is 10.2 Å². The molecule has 16 heavy (non-hydrogen) atoms. The van der Waals surface area contributed by atoms with Crippen LogP contribution in [0.1, 0.15) is 32.6 Å². The molecular weight excluding hydrogens is 226 g/mol. The van der Waals surface area contributed by atoms with Crippen LogP contribution < -0.4 is 5.73 Å². The van der Waals surface area contributed by atoms with Crippen molar-refractivity contribution in [3.05, 3.63) is 0 Å². The molecule has 2 fully saturated rings. The van der Waals surface area contributed by atoms with Crippen LogP contribution in [0.2, 0.25) is 0 Å². The van der Waals surface area contributed by atoms with Crippen molar-refractivity contribution < 1.29 is 8.42 Å². The van der Waals surface area contributed by atoms with Gasteiger partial charge in [0, 0.05) is 31.7 Å². The van der Waals surface area contributed by atoms with E-state index in [2.05, 4.69) is 0 Å². The van der Waals surface area contributed by atoms with Crippen molar-refractivity contribution in [1.29, 1.82) is 0 Å². The van der Waals surface area contributed by atoms with Crippen LogP contribution in [-0.4, -0.2) is 48.7 Å². The molecule has 2 aliphatic rings. The molecule has 0 aromatic heterocycles. The zero-order valence-corrected chi connectivity index (χ0v) is 10.7. The predicted molar refractivity (Wildman–Crippen MR) is 63.1 cm³/mol. The van der Waals surface area contributed by atoms with Gasteiger partial charge in [-0.2, -0.15) is 17.0 Å². The Kier molecular flexibility index (Phi) is 3.27. The van der Waals surface area contributed by atoms with Crippen molar-refractivity contribution >= 4 is 10.2 Å². The summed E-state index contributed by atoms with van der Waals surface area (Å²) in [5.74, 6) is 0. The molecule has 2 aliphatic heterocycles. The Balaban J connectivity index is 1.99. The third-order valence-electron chi connectivity index (χ3n) is 3.65. The Morgan fingerprint density at radius 1 is 1.12 bits per heavy atom. The lowest BCUT2D eigenvalue weighted by atomic mass is 9.91. The van der Waals surface area contributed by atoms with Gasteiger partial charge in [-0.05, 0) is 19.3 Å². The number of hydrogen-bond donors (Lipinski definition) is 1. The highest BCUT2D eigenvalue weighted by molar-refractivity contribution is 7.86. The molecule has 0 aliphatic carbocycles. The van der Waals surface area contributed by atoms with Crippen LogP contribution in [0.25, 0.3) is 0 Å². The van der Waals surface area contributed by atoms with Crippen LogP contribution in [0, 0.1) is 0 Å². The summed E-state index contributed by atoms with van der Waals surface area (Å²) in [6.07, 6.45) is 3.93. The minimum Gasteiger partial charge on any atom is -0.323 e. The van der Waals surface area contributed by atoms with Crippen LogP contribution in [0.15, 0.2) is 0 Å². The van der Waals surface area contributed by atoms with Crippen molar-refractivity contribution in [2.75, 3.05) is 26.2 Å². The fraction of sp³-hybridized carbons (Fsp3) is 1.00. The summed E-state index contributed by atoms with van der Waals surface area (Å²) in [6.45, 7) is 4.29. The van der Waals surface area contributed by atoms with E-state index >= 15 is 0 Å². The molecule has 2 saturated heterocycles. The highest BCUT2D eigenvalue weighted by Crippen LogP contribution is 2.27. The first-order valence-corrected chi connectivity index (χ1v) is 7.42. The van der Waals surface area contributed by atoms with Crippen molar-refractivity contribution in [3.8, 4) is 0 Å². The highest BCUT2D eigenvalue weighted by Gasteiger charge is 2.46. The molecule has 0 aromatic rings. The summed E-state index contributed by atoms with van der Waals surface area (Å²) in [5.41, 5.74) is 5.71. The van der Waals surface area contributed by atoms with Crippen LogP contribution in [0.4, 0.5) is 0 Å². The normalized spacial score (nSPS) is 27.6. The molecule has 0 spiro atoms. The van der Waals surface area contributed by atoms with Gasteiger partial charge < -0.3 is 5.73 Å². The van der Waals surface area contributed by atoms with Crippen molar-refractivity contribution in [2.45, 2.75) is 38.1 Å². The van der Waals surface area contributed by atoms with E-state index in [1.54, 1.807) is 4.31 Å². The van der Waals surface area contributed by atoms with E-state index < -0.39 is 10.2 Å². The average Bonchev–Trinajstić information content (AvgIpc) is 2.26. The zero-order chi connectivity index (χ0) is 11.8. The molecule has 0 radical (unpaired) electrons. The van der Waals surface area contributed by atoms with Crippen LogP contribution in [0.5, 0.6) is 0 Å². The summed E-state index contributed by atoms with van der Waals surface area (Å²) in [7, 11) is -3.22. The van der Waals surface area contributed by atoms with Crippen LogP contribution >= 0.6 is 0 Å². The van der Waals surface area contributed by atoms with Crippen molar-refractivity contribution in [2.24, 2.45) is 5.73 Å². The Labute approximate surface area is 97.8 Å². The second kappa shape index (κ2) is 4.25. The van der Waals surface area contributed by atoms with Gasteiger partial charge in [-0.1, -0.05) is 13.3 Å². The van der Waals surface area contributed by atoms with Gasteiger partial charge in [0.15, 0.2) is 0 Å². The maximum atomic E-state index is 12.2. The standard InChI is InChI=1S/C10H21N3O2S/c1-2-10(11)8-13(9-10)16(14,15)12-6-4-3-5-7-12/h2-9,11H2,1H3. The molecule has 0 unspecified atom stereocenters. The average molecular weight is 247 g/mol. The molecule has 5 nitrogen and oxygen atoms in total. The van der Waals surface area contributed by atoms with Crippen molar-refractivity contribution in [3.63, 3.8) is 0 Å². The highest BCUT2D eigenvalue weighted by atomic mass is 32.2. The lowest BCUT2D eigenvalue weighted by molar-refractivity contribution is 0.140. The smallest absolute Gasteiger partial charge is 0.282 e. The van der Waals surface area contributed by atoms with Crippen LogP contribution in [-0.2, 0) is 10.2 Å². The van der Waals surface area contributed by atoms with E-state index in [0.29, 0.717) is 26.2 Å². The third-order valence-corrected chi connectivity index (χ3v) is 5.58. The maximum absolute atomic E-state index is 12.2. The summed E-state index contributed by atoms with van der Waals surface area (Å²) < 4.78 is 27.5. The zero-order valence-electron chi connectivity index (χ0n) is 9.85. The molecule has 2 heterocycles. The molecule has 0 saturated carbocycles. The molecule has 0 atom stereocenters. The summed E-state index contributed by atoms with van der Waals surface area (Å²) in [5, 5.41) is 0. The number of nitrogens with two attached hydrogens (primary N) is 1. The summed E-state index contributed by atoms with van der Waals surface area (Å²) in [4.78, 5) is 0. The lowest BCUT2D eigenvalue weighted by Crippen LogP contribution is -2.69. The fourth-order valence-corrected chi connectivity index (χ4v) is 4.19. The topological polar surface area (TPSA) is 66.6 Å². The van der Waals surface area contributed by atoms with E-state index in [-0.39, 0.29) is 5.54 Å². The first-order chi connectivity index (χ1) is 7.48. The molecule has 2 N–H and O–H groups in total. The van der Waals surface area contributed by atoms with Gasteiger partial charge >= 0.3 is 0 Å². The second-order valence-electron chi connectivity index (χ2n) is 4.95. The monoisotopic (exact) mass is 247 g/mol. The van der Waals surface area contributed by atoms with E-state index in [1.807, 2.05) is 6.92 Å². The number of rotatable bonds is 3. The predicted octanol–water partition coefficient (Wildman–Crippen LogP) is 0.140. The van der Waals surface area contributed by atoms with E-state index in [1.165, 1.54) is 4.31 Å². The van der Waals surface area contributed by atoms with Crippen LogP contribution in [0.3, 0.4) is 0 Å². The number of nitrogens with zero attached hydrogens (tertiary/aromatic N) is 2. The Morgan fingerprint density at radius 3 is 2.19 bits per heavy atom. The van der Waals surface area contributed by atoms with Gasteiger partial charge in [-0.25, -0.2) is 0 Å². The Bertz CT molecular complexity index is 343. The summed E-state index contributed by atoms with van der Waals surface area (Å²) in [6, 6.07) is 0. The van der Waals surface area contributed by atoms with Gasteiger partial charge in [0.05, 0.1) is 0 Å². The molecule has 0 bridgehead atoms. The SMILES string of the molecule is CCC1(N)CN(S(=O)(=O)N2CCCCC2)C1. The lowest BCUT2D eigenvalue weighted by Gasteiger charge is -2.48. The number of hydrogen-bond acceptors (Lipinski definition) is 3. The molecular formula is C10H21N3O2S. The molecule has 94 valence electrons. The minimum absolute atomic E-state index is 0.289. The fourth-order valence-electron chi connectivity index (χ4n) is 2.30. The Morgan fingerprint density at radius 2 is 1.69 bits per heavy atom. The molecule has 0 amide bonds. The Hall–Kier alpha value is -0.170. The van der Waals surface area contributed by atoms with Gasteiger partial charge in [-0.3, -0.25) is 0 Å². The first kappa shape index (κ1) is 12.3. The molecule has 0 aromatic carbocycles.